The van der Waals surface area contributed by atoms with Crippen molar-refractivity contribution in [3.8, 4) is 16.8 Å². The highest BCUT2D eigenvalue weighted by Crippen LogP contribution is 2.38. The molecule has 0 atom stereocenters. The lowest BCUT2D eigenvalue weighted by atomic mass is 10.1. The van der Waals surface area contributed by atoms with E-state index in [1.807, 2.05) is 0 Å². The molecule has 0 aliphatic carbocycles. The molecule has 3 aromatic heterocycles. The minimum Gasteiger partial charge on any atom is -0.293 e. The Kier molecular flexibility index (Phi) is 3.94. The van der Waals surface area contributed by atoms with Crippen LogP contribution >= 0.6 is 0 Å². The smallest absolute Gasteiger partial charge is 0.165 e. The summed E-state index contributed by atoms with van der Waals surface area (Å²) in [5.41, 5.74) is 8.96. The molecule has 0 aliphatic heterocycles. The van der Waals surface area contributed by atoms with Crippen molar-refractivity contribution in [2.24, 2.45) is 0 Å². The van der Waals surface area contributed by atoms with E-state index in [1.54, 1.807) is 0 Å². The molecule has 168 valence electrons. The summed E-state index contributed by atoms with van der Waals surface area (Å²) in [6, 6.07) is 45.2. The molecule has 0 unspecified atom stereocenters. The second-order valence-corrected chi connectivity index (χ2v) is 9.27. The Hall–Kier alpha value is -4.89. The molecule has 8 rings (SSSR count). The maximum absolute atomic E-state index is 5.34. The first-order valence-corrected chi connectivity index (χ1v) is 12.3. The normalized spacial score (nSPS) is 11.9. The fourth-order valence-corrected chi connectivity index (χ4v) is 5.73. The van der Waals surface area contributed by atoms with Crippen LogP contribution in [0.2, 0.25) is 0 Å². The third-order valence-corrected chi connectivity index (χ3v) is 7.29. The van der Waals surface area contributed by atoms with E-state index in [2.05, 4.69) is 136 Å². The van der Waals surface area contributed by atoms with Crippen molar-refractivity contribution < 1.29 is 0 Å². The van der Waals surface area contributed by atoms with E-state index in [0.717, 1.165) is 28.0 Å². The average molecular weight is 460 g/mol. The number of hydrogen-bond donors (Lipinski definition) is 0. The van der Waals surface area contributed by atoms with E-state index in [0.29, 0.717) is 0 Å². The molecular formula is C33H21N3. The van der Waals surface area contributed by atoms with Crippen LogP contribution in [-0.4, -0.2) is 14.0 Å². The first kappa shape index (κ1) is 19.4. The van der Waals surface area contributed by atoms with Crippen LogP contribution in [0.4, 0.5) is 0 Å². The van der Waals surface area contributed by atoms with Gasteiger partial charge in [0, 0.05) is 21.8 Å². The van der Waals surface area contributed by atoms with Gasteiger partial charge in [-0.1, -0.05) is 103 Å². The summed E-state index contributed by atoms with van der Waals surface area (Å²) in [6.45, 7) is 0. The van der Waals surface area contributed by atoms with Crippen molar-refractivity contribution in [1.29, 1.82) is 0 Å². The SMILES string of the molecule is c1ccc(-c2cccc(-n3c4ccccc4c4c3nc3c5ccccc5c5ccccc5n34)c2)cc1. The lowest BCUT2D eigenvalue weighted by Gasteiger charge is -2.10. The lowest BCUT2D eigenvalue weighted by Crippen LogP contribution is -1.95. The predicted molar refractivity (Wildman–Crippen MR) is 150 cm³/mol. The van der Waals surface area contributed by atoms with Crippen LogP contribution in [0.3, 0.4) is 0 Å². The molecule has 36 heavy (non-hydrogen) atoms. The molecule has 0 saturated carbocycles. The van der Waals surface area contributed by atoms with Crippen LogP contribution < -0.4 is 0 Å². The molecule has 3 heterocycles. The summed E-state index contributed by atoms with van der Waals surface area (Å²) < 4.78 is 4.67. The van der Waals surface area contributed by atoms with Gasteiger partial charge in [0.15, 0.2) is 5.65 Å². The molecule has 0 aliphatic rings. The second kappa shape index (κ2) is 7.30. The first-order chi connectivity index (χ1) is 17.9. The second-order valence-electron chi connectivity index (χ2n) is 9.27. The monoisotopic (exact) mass is 459 g/mol. The zero-order valence-electron chi connectivity index (χ0n) is 19.5. The number of hydrogen-bond acceptors (Lipinski definition) is 1. The molecule has 0 saturated heterocycles. The van der Waals surface area contributed by atoms with Gasteiger partial charge in [-0.05, 0) is 40.8 Å². The van der Waals surface area contributed by atoms with Crippen LogP contribution in [0, 0.1) is 0 Å². The van der Waals surface area contributed by atoms with Crippen molar-refractivity contribution in [2.75, 3.05) is 0 Å². The first-order valence-electron chi connectivity index (χ1n) is 12.3. The van der Waals surface area contributed by atoms with Gasteiger partial charge in [-0.15, -0.1) is 0 Å². The Morgan fingerprint density at radius 2 is 1.08 bits per heavy atom. The van der Waals surface area contributed by atoms with Crippen molar-refractivity contribution in [3.05, 3.63) is 127 Å². The molecule has 0 fully saturated rings. The van der Waals surface area contributed by atoms with Gasteiger partial charge in [0.25, 0.3) is 0 Å². The van der Waals surface area contributed by atoms with Gasteiger partial charge in [-0.3, -0.25) is 8.97 Å². The van der Waals surface area contributed by atoms with Crippen molar-refractivity contribution in [3.63, 3.8) is 0 Å². The summed E-state index contributed by atoms with van der Waals surface area (Å²) in [7, 11) is 0. The number of benzene rings is 5. The number of pyridine rings is 1. The number of imidazole rings is 1. The molecule has 0 N–H and O–H groups in total. The zero-order valence-corrected chi connectivity index (χ0v) is 19.5. The minimum atomic E-state index is 0.975. The van der Waals surface area contributed by atoms with E-state index < -0.39 is 0 Å². The van der Waals surface area contributed by atoms with Gasteiger partial charge in [-0.2, -0.15) is 0 Å². The Morgan fingerprint density at radius 3 is 1.92 bits per heavy atom. The van der Waals surface area contributed by atoms with Crippen LogP contribution in [0.15, 0.2) is 127 Å². The quantitative estimate of drug-likeness (QED) is 0.238. The number of fused-ring (bicyclic) bond motifs is 10. The molecule has 0 radical (unpaired) electrons. The maximum Gasteiger partial charge on any atom is 0.165 e. The Balaban J connectivity index is 1.56. The predicted octanol–water partition coefficient (Wildman–Crippen LogP) is 8.40. The van der Waals surface area contributed by atoms with Crippen LogP contribution in [0.5, 0.6) is 0 Å². The number of para-hydroxylation sites is 2. The summed E-state index contributed by atoms with van der Waals surface area (Å²) in [5.74, 6) is 0. The summed E-state index contributed by atoms with van der Waals surface area (Å²) in [6.07, 6.45) is 0. The highest BCUT2D eigenvalue weighted by Gasteiger charge is 2.21. The molecule has 0 bridgehead atoms. The van der Waals surface area contributed by atoms with Gasteiger partial charge in [0.05, 0.1) is 11.0 Å². The van der Waals surface area contributed by atoms with Crippen LogP contribution in [0.25, 0.3) is 66.2 Å². The average Bonchev–Trinajstić information content (AvgIpc) is 3.49. The molecule has 0 spiro atoms. The fourth-order valence-electron chi connectivity index (χ4n) is 5.73. The molecule has 3 nitrogen and oxygen atoms in total. The van der Waals surface area contributed by atoms with Gasteiger partial charge in [0.2, 0.25) is 0 Å². The summed E-state index contributed by atoms with van der Waals surface area (Å²) in [4.78, 5) is 5.34. The highest BCUT2D eigenvalue weighted by atomic mass is 15.1. The third kappa shape index (κ3) is 2.60. The van der Waals surface area contributed by atoms with Gasteiger partial charge >= 0.3 is 0 Å². The van der Waals surface area contributed by atoms with Crippen molar-refractivity contribution in [1.82, 2.24) is 14.0 Å². The minimum absolute atomic E-state index is 0.975. The van der Waals surface area contributed by atoms with E-state index in [4.69, 9.17) is 4.98 Å². The highest BCUT2D eigenvalue weighted by molar-refractivity contribution is 6.17. The third-order valence-electron chi connectivity index (χ3n) is 7.29. The molecule has 5 aromatic carbocycles. The van der Waals surface area contributed by atoms with Gasteiger partial charge in [-0.25, -0.2) is 4.98 Å². The molecule has 8 aromatic rings. The Bertz CT molecular complexity index is 2100. The summed E-state index contributed by atoms with van der Waals surface area (Å²) >= 11 is 0. The maximum atomic E-state index is 5.34. The molecule has 3 heteroatoms. The van der Waals surface area contributed by atoms with Crippen LogP contribution in [-0.2, 0) is 0 Å². The number of rotatable bonds is 2. The van der Waals surface area contributed by atoms with E-state index in [1.165, 1.54) is 38.2 Å². The fraction of sp³-hybridized carbons (Fsp3) is 0. The molecule has 0 amide bonds. The number of aromatic nitrogens is 3. The Labute approximate surface area is 207 Å². The molecular weight excluding hydrogens is 438 g/mol. The van der Waals surface area contributed by atoms with Crippen molar-refractivity contribution in [2.45, 2.75) is 0 Å². The summed E-state index contributed by atoms with van der Waals surface area (Å²) in [5, 5.41) is 4.84. The van der Waals surface area contributed by atoms with Gasteiger partial charge < -0.3 is 0 Å². The van der Waals surface area contributed by atoms with E-state index in [9.17, 15) is 0 Å². The van der Waals surface area contributed by atoms with E-state index >= 15 is 0 Å². The Morgan fingerprint density at radius 1 is 0.444 bits per heavy atom. The standard InChI is InChI=1S/C33H21N3/c1-2-11-22(12-3-1)23-13-10-14-24(21-23)35-30-20-9-7-18-28(30)31-33(35)34-32-27-17-5-4-15-25(27)26-16-6-8-19-29(26)36(31)32/h1-21H. The largest absolute Gasteiger partial charge is 0.293 e. The lowest BCUT2D eigenvalue weighted by molar-refractivity contribution is 1.15. The van der Waals surface area contributed by atoms with Crippen molar-refractivity contribution >= 4 is 49.4 Å². The topological polar surface area (TPSA) is 22.2 Å². The van der Waals surface area contributed by atoms with Gasteiger partial charge in [0.1, 0.15) is 11.2 Å². The number of nitrogens with zero attached hydrogens (tertiary/aromatic N) is 3. The van der Waals surface area contributed by atoms with E-state index in [-0.39, 0.29) is 0 Å². The van der Waals surface area contributed by atoms with Crippen LogP contribution in [0.1, 0.15) is 0 Å². The zero-order chi connectivity index (χ0) is 23.6.